The zero-order chi connectivity index (χ0) is 66.0. The molecule has 0 amide bonds. The zero-order valence-electron chi connectivity index (χ0n) is 54.2. The summed E-state index contributed by atoms with van der Waals surface area (Å²) in [5.41, 5.74) is 24.6. The highest BCUT2D eigenvalue weighted by molar-refractivity contribution is 6.15. The maximum absolute atomic E-state index is 6.45. The Kier molecular flexibility index (Phi) is 14.1. The van der Waals surface area contributed by atoms with Crippen LogP contribution in [-0.4, -0.2) is 28.7 Å². The first-order valence-electron chi connectivity index (χ1n) is 33.9. The van der Waals surface area contributed by atoms with Gasteiger partial charge in [0, 0.05) is 76.8 Å². The molecule has 468 valence electrons. The van der Waals surface area contributed by atoms with Crippen molar-refractivity contribution in [1.82, 2.24) is 28.7 Å². The van der Waals surface area contributed by atoms with Gasteiger partial charge in [0.2, 0.25) is 0 Å². The highest BCUT2D eigenvalue weighted by Gasteiger charge is 2.22. The summed E-state index contributed by atoms with van der Waals surface area (Å²) in [6.45, 7) is 0. The van der Waals surface area contributed by atoms with Crippen molar-refractivity contribution in [1.29, 1.82) is 0 Å². The van der Waals surface area contributed by atoms with E-state index in [2.05, 4.69) is 305 Å². The molecule has 0 radical (unpaired) electrons. The zero-order valence-corrected chi connectivity index (χ0v) is 54.2. The van der Waals surface area contributed by atoms with Crippen LogP contribution in [0.2, 0.25) is 0 Å². The van der Waals surface area contributed by atoms with E-state index in [1.54, 1.807) is 0 Å². The lowest BCUT2D eigenvalue weighted by Crippen LogP contribution is -2.00. The monoisotopic (exact) mass is 1280 g/mol. The van der Waals surface area contributed by atoms with E-state index < -0.39 is 0 Å². The second kappa shape index (κ2) is 24.3. The van der Waals surface area contributed by atoms with Gasteiger partial charge < -0.3 is 18.1 Å². The summed E-state index contributed by atoms with van der Waals surface area (Å²) >= 11 is 0. The van der Waals surface area contributed by atoms with Crippen LogP contribution in [-0.2, 0) is 0 Å². The van der Waals surface area contributed by atoms with Gasteiger partial charge in [-0.15, -0.1) is 0 Å². The third kappa shape index (κ3) is 10.1. The second-order valence-electron chi connectivity index (χ2n) is 25.4. The Labute approximate surface area is 576 Å². The average molecular weight is 1280 g/mol. The van der Waals surface area contributed by atoms with E-state index in [4.69, 9.17) is 19.4 Å². The molecule has 0 unspecified atom stereocenters. The van der Waals surface area contributed by atoms with E-state index in [0.717, 1.165) is 66.8 Å². The summed E-state index contributed by atoms with van der Waals surface area (Å²) in [6, 6.07) is 129. The van der Waals surface area contributed by atoms with E-state index in [1.165, 1.54) is 98.8 Å². The standard InChI is InChI=1S/C48H32N2.C45H28N4O/c1-3-12-33(13-4-1)35-22-26-39(27-23-35)49-45-20-9-7-18-41(45)43-31-37(24-28-47(43)49)38-25-29-48-44(32-38)42-19-8-10-21-46(42)50(48)40-17-11-16-36(30-40)34-14-5-2-6-15-34;1-4-13-29(14-5-1)43-46-44(30-15-6-2-7-16-30)48-45(47-43)36-20-12-22-41-42(36)37-27-31(24-26-40(37)50-41)32-23-25-35-34-19-10-11-21-38(34)49(39(35)28-32)33-17-8-3-9-18-33/h1-32H;1-28H. The first-order valence-corrected chi connectivity index (χ1v) is 33.9. The van der Waals surface area contributed by atoms with Gasteiger partial charge in [0.1, 0.15) is 11.2 Å². The molecule has 20 aromatic rings. The molecule has 0 saturated heterocycles. The second-order valence-corrected chi connectivity index (χ2v) is 25.4. The highest BCUT2D eigenvalue weighted by atomic mass is 16.3. The summed E-state index contributed by atoms with van der Waals surface area (Å²) in [4.78, 5) is 15.0. The van der Waals surface area contributed by atoms with E-state index >= 15 is 0 Å². The molecule has 0 atom stereocenters. The van der Waals surface area contributed by atoms with E-state index in [0.29, 0.717) is 17.5 Å². The van der Waals surface area contributed by atoms with Crippen molar-refractivity contribution in [2.75, 3.05) is 0 Å². The Morgan fingerprint density at radius 1 is 0.190 bits per heavy atom. The minimum atomic E-state index is 0.602. The number of furan rings is 1. The Morgan fingerprint density at radius 2 is 0.550 bits per heavy atom. The van der Waals surface area contributed by atoms with Crippen LogP contribution in [0.3, 0.4) is 0 Å². The molecule has 0 fully saturated rings. The molecule has 5 aromatic heterocycles. The third-order valence-electron chi connectivity index (χ3n) is 19.6. The molecule has 7 nitrogen and oxygen atoms in total. The molecule has 5 heterocycles. The fourth-order valence-electron chi connectivity index (χ4n) is 14.9. The number of aromatic nitrogens is 6. The Bertz CT molecular complexity index is 6430. The van der Waals surface area contributed by atoms with E-state index in [9.17, 15) is 0 Å². The first-order chi connectivity index (χ1) is 49.6. The van der Waals surface area contributed by atoms with Crippen molar-refractivity contribution in [2.24, 2.45) is 0 Å². The summed E-state index contributed by atoms with van der Waals surface area (Å²) < 4.78 is 13.6. The van der Waals surface area contributed by atoms with Crippen LogP contribution in [0.5, 0.6) is 0 Å². The molecule has 0 aliphatic heterocycles. The average Bonchev–Trinajstić information content (AvgIpc) is 1.59. The molecule has 7 heteroatoms. The lowest BCUT2D eigenvalue weighted by Gasteiger charge is -2.11. The van der Waals surface area contributed by atoms with Crippen LogP contribution < -0.4 is 0 Å². The van der Waals surface area contributed by atoms with Gasteiger partial charge >= 0.3 is 0 Å². The smallest absolute Gasteiger partial charge is 0.164 e. The SMILES string of the molecule is c1ccc(-c2ccc(-n3c4ccccc4c4cc(-c5ccc6c(c5)c5ccccc5n6-c5cccc(-c6ccccc6)c5)ccc43)cc2)cc1.c1ccc(-c2nc(-c3ccccc3)nc(-c3cccc4oc5ccc(-c6ccc7c8ccccc8n(-c8ccccc8)c7c6)cc5c34)n2)cc1. The molecule has 0 aliphatic carbocycles. The quantitative estimate of drug-likeness (QED) is 0.137. The van der Waals surface area contributed by atoms with Gasteiger partial charge in [0.15, 0.2) is 17.5 Å². The summed E-state index contributed by atoms with van der Waals surface area (Å²) in [7, 11) is 0. The molecule has 0 aliphatic rings. The Morgan fingerprint density at radius 3 is 1.13 bits per heavy atom. The largest absolute Gasteiger partial charge is 0.456 e. The van der Waals surface area contributed by atoms with Gasteiger partial charge in [-0.2, -0.15) is 0 Å². The Hall–Kier alpha value is -13.5. The van der Waals surface area contributed by atoms with E-state index in [1.807, 2.05) is 72.8 Å². The lowest BCUT2D eigenvalue weighted by atomic mass is 9.99. The molecule has 0 N–H and O–H groups in total. The van der Waals surface area contributed by atoms with Crippen LogP contribution in [0.1, 0.15) is 0 Å². The van der Waals surface area contributed by atoms with Crippen molar-refractivity contribution < 1.29 is 4.42 Å². The highest BCUT2D eigenvalue weighted by Crippen LogP contribution is 2.43. The summed E-state index contributed by atoms with van der Waals surface area (Å²) in [5, 5.41) is 9.48. The molecule has 0 spiro atoms. The van der Waals surface area contributed by atoms with Gasteiger partial charge in [0.05, 0.1) is 33.1 Å². The fraction of sp³-hybridized carbons (Fsp3) is 0. The van der Waals surface area contributed by atoms with Gasteiger partial charge in [-0.3, -0.25) is 0 Å². The van der Waals surface area contributed by atoms with Crippen LogP contribution in [0.25, 0.3) is 183 Å². The van der Waals surface area contributed by atoms with Crippen LogP contribution in [0, 0.1) is 0 Å². The number of benzene rings is 15. The molecule has 15 aromatic carbocycles. The van der Waals surface area contributed by atoms with E-state index in [-0.39, 0.29) is 0 Å². The maximum Gasteiger partial charge on any atom is 0.164 e. The van der Waals surface area contributed by atoms with Gasteiger partial charge in [-0.25, -0.2) is 15.0 Å². The van der Waals surface area contributed by atoms with Crippen molar-refractivity contribution in [3.8, 4) is 95.7 Å². The lowest BCUT2D eigenvalue weighted by molar-refractivity contribution is 0.669. The maximum atomic E-state index is 6.45. The summed E-state index contributed by atoms with van der Waals surface area (Å²) in [5.74, 6) is 1.86. The van der Waals surface area contributed by atoms with Crippen LogP contribution in [0.15, 0.2) is 368 Å². The predicted octanol–water partition coefficient (Wildman–Crippen LogP) is 24.4. The number of hydrogen-bond acceptors (Lipinski definition) is 4. The first kappa shape index (κ1) is 57.9. The predicted molar refractivity (Wildman–Crippen MR) is 415 cm³/mol. The minimum absolute atomic E-state index is 0.602. The van der Waals surface area contributed by atoms with Gasteiger partial charge in [-0.05, 0) is 148 Å². The Balaban J connectivity index is 0.000000139. The topological polar surface area (TPSA) is 66.6 Å². The van der Waals surface area contributed by atoms with Crippen molar-refractivity contribution in [2.45, 2.75) is 0 Å². The van der Waals surface area contributed by atoms with Crippen molar-refractivity contribution in [3.63, 3.8) is 0 Å². The molecular formula is C93H60N6O. The fourth-order valence-corrected chi connectivity index (χ4v) is 14.9. The van der Waals surface area contributed by atoms with Gasteiger partial charge in [0.25, 0.3) is 0 Å². The van der Waals surface area contributed by atoms with Gasteiger partial charge in [-0.1, -0.05) is 261 Å². The molecular weight excluding hydrogens is 1220 g/mol. The molecule has 20 rings (SSSR count). The van der Waals surface area contributed by atoms with Crippen molar-refractivity contribution in [3.05, 3.63) is 364 Å². The van der Waals surface area contributed by atoms with Crippen LogP contribution >= 0.6 is 0 Å². The number of hydrogen-bond donors (Lipinski definition) is 0. The number of nitrogens with zero attached hydrogens (tertiary/aromatic N) is 6. The van der Waals surface area contributed by atoms with Crippen LogP contribution in [0.4, 0.5) is 0 Å². The number of para-hydroxylation sites is 4. The minimum Gasteiger partial charge on any atom is -0.456 e. The number of rotatable bonds is 10. The number of fused-ring (bicyclic) bond motifs is 12. The molecule has 0 bridgehead atoms. The summed E-state index contributed by atoms with van der Waals surface area (Å²) in [6.07, 6.45) is 0. The normalized spacial score (nSPS) is 11.6. The molecule has 0 saturated carbocycles. The third-order valence-corrected chi connectivity index (χ3v) is 19.6. The van der Waals surface area contributed by atoms with Crippen molar-refractivity contribution >= 4 is 87.4 Å². The molecule has 100 heavy (non-hydrogen) atoms.